The molecule has 120 valence electrons. The van der Waals surface area contributed by atoms with Gasteiger partial charge in [0, 0.05) is 17.3 Å². The lowest BCUT2D eigenvalue weighted by molar-refractivity contribution is -0.119. The highest BCUT2D eigenvalue weighted by atomic mass is 35.5. The summed E-state index contributed by atoms with van der Waals surface area (Å²) in [6.45, 7) is 0. The monoisotopic (exact) mass is 351 g/mol. The summed E-state index contributed by atoms with van der Waals surface area (Å²) in [6.07, 6.45) is 3.66. The van der Waals surface area contributed by atoms with E-state index in [1.807, 2.05) is 6.07 Å². The summed E-state index contributed by atoms with van der Waals surface area (Å²) in [7, 11) is 0. The van der Waals surface area contributed by atoms with Crippen LogP contribution in [0.1, 0.15) is 15.9 Å². The first kappa shape index (κ1) is 17.3. The van der Waals surface area contributed by atoms with E-state index in [4.69, 9.17) is 22.4 Å². The van der Waals surface area contributed by atoms with Crippen LogP contribution in [0.5, 0.6) is 0 Å². The van der Waals surface area contributed by atoms with Gasteiger partial charge in [0.15, 0.2) is 0 Å². The summed E-state index contributed by atoms with van der Waals surface area (Å²) in [5.74, 6) is -1.57. The lowest BCUT2D eigenvalue weighted by Gasteiger charge is -2.15. The fourth-order valence-electron chi connectivity index (χ4n) is 1.80. The summed E-state index contributed by atoms with van der Waals surface area (Å²) >= 11 is 7.11. The SMILES string of the molecule is NC(=O)C(Cc1cccnc1)NSc1cc(C(=O)O)ccc1Cl. The number of carbonyl (C=O) groups is 2. The number of carboxylic acid groups (broad SMARTS) is 1. The fourth-order valence-corrected chi connectivity index (χ4v) is 2.86. The van der Waals surface area contributed by atoms with Crippen molar-refractivity contribution in [2.45, 2.75) is 17.4 Å². The molecule has 6 nitrogen and oxygen atoms in total. The quantitative estimate of drug-likeness (QED) is 0.660. The summed E-state index contributed by atoms with van der Waals surface area (Å²) < 4.78 is 2.93. The first-order valence-corrected chi connectivity index (χ1v) is 7.80. The topological polar surface area (TPSA) is 105 Å². The Balaban J connectivity index is 2.08. The van der Waals surface area contributed by atoms with Crippen LogP contribution in [-0.2, 0) is 11.2 Å². The number of amides is 1. The molecule has 0 bridgehead atoms. The van der Waals surface area contributed by atoms with E-state index in [-0.39, 0.29) is 5.56 Å². The number of carboxylic acids is 1. The van der Waals surface area contributed by atoms with E-state index in [9.17, 15) is 9.59 Å². The number of aromatic nitrogens is 1. The molecule has 1 heterocycles. The van der Waals surface area contributed by atoms with Crippen molar-refractivity contribution in [3.63, 3.8) is 0 Å². The zero-order valence-electron chi connectivity index (χ0n) is 11.9. The molecular weight excluding hydrogens is 338 g/mol. The number of nitrogens with zero attached hydrogens (tertiary/aromatic N) is 1. The molecular formula is C15H14ClN3O3S. The molecule has 1 aromatic carbocycles. The van der Waals surface area contributed by atoms with Crippen LogP contribution in [0.2, 0.25) is 5.02 Å². The molecule has 1 amide bonds. The van der Waals surface area contributed by atoms with Crippen LogP contribution >= 0.6 is 23.5 Å². The van der Waals surface area contributed by atoms with Gasteiger partial charge in [-0.1, -0.05) is 17.7 Å². The largest absolute Gasteiger partial charge is 0.478 e. The second-order valence-corrected chi connectivity index (χ2v) is 5.98. The van der Waals surface area contributed by atoms with Gasteiger partial charge in [-0.25, -0.2) is 9.52 Å². The van der Waals surface area contributed by atoms with Crippen molar-refractivity contribution >= 4 is 35.4 Å². The number of halogens is 1. The molecule has 1 atom stereocenters. The molecule has 0 aliphatic carbocycles. The fraction of sp³-hybridized carbons (Fsp3) is 0.133. The Bertz CT molecular complexity index is 712. The van der Waals surface area contributed by atoms with Crippen molar-refractivity contribution in [2.75, 3.05) is 0 Å². The van der Waals surface area contributed by atoms with Gasteiger partial charge in [-0.05, 0) is 48.2 Å². The molecule has 0 aliphatic heterocycles. The number of primary amides is 1. The van der Waals surface area contributed by atoms with Crippen molar-refractivity contribution in [2.24, 2.45) is 5.73 Å². The lowest BCUT2D eigenvalue weighted by atomic mass is 10.1. The summed E-state index contributed by atoms with van der Waals surface area (Å²) in [6, 6.07) is 7.31. The van der Waals surface area contributed by atoms with Crippen molar-refractivity contribution in [1.29, 1.82) is 0 Å². The highest BCUT2D eigenvalue weighted by molar-refractivity contribution is 7.97. The Kier molecular flexibility index (Phi) is 5.97. The van der Waals surface area contributed by atoms with E-state index in [2.05, 4.69) is 9.71 Å². The van der Waals surface area contributed by atoms with Crippen molar-refractivity contribution < 1.29 is 14.7 Å². The van der Waals surface area contributed by atoms with Crippen LogP contribution in [0.15, 0.2) is 47.6 Å². The summed E-state index contributed by atoms with van der Waals surface area (Å²) in [4.78, 5) is 27.1. The van der Waals surface area contributed by atoms with Crippen LogP contribution in [0.4, 0.5) is 0 Å². The number of carbonyl (C=O) groups excluding carboxylic acids is 1. The van der Waals surface area contributed by atoms with E-state index >= 15 is 0 Å². The minimum atomic E-state index is -1.05. The zero-order chi connectivity index (χ0) is 16.8. The molecule has 1 unspecified atom stereocenters. The van der Waals surface area contributed by atoms with Crippen LogP contribution in [0.3, 0.4) is 0 Å². The van der Waals surface area contributed by atoms with E-state index in [1.54, 1.807) is 18.5 Å². The minimum absolute atomic E-state index is 0.113. The second-order valence-electron chi connectivity index (χ2n) is 4.69. The summed E-state index contributed by atoms with van der Waals surface area (Å²) in [5, 5.41) is 9.39. The average Bonchev–Trinajstić information content (AvgIpc) is 2.53. The van der Waals surface area contributed by atoms with Gasteiger partial charge in [0.05, 0.1) is 10.6 Å². The minimum Gasteiger partial charge on any atom is -0.478 e. The maximum Gasteiger partial charge on any atom is 0.335 e. The number of benzene rings is 1. The first-order chi connectivity index (χ1) is 11.0. The molecule has 4 N–H and O–H groups in total. The molecule has 8 heteroatoms. The van der Waals surface area contributed by atoms with E-state index < -0.39 is 17.9 Å². The maximum absolute atomic E-state index is 11.6. The molecule has 1 aromatic heterocycles. The van der Waals surface area contributed by atoms with Gasteiger partial charge in [-0.3, -0.25) is 9.78 Å². The third kappa shape index (κ3) is 4.95. The van der Waals surface area contributed by atoms with Gasteiger partial charge in [-0.2, -0.15) is 0 Å². The Labute approximate surface area is 142 Å². The van der Waals surface area contributed by atoms with Crippen LogP contribution in [0.25, 0.3) is 0 Å². The van der Waals surface area contributed by atoms with Crippen molar-refractivity contribution in [3.8, 4) is 0 Å². The first-order valence-electron chi connectivity index (χ1n) is 6.61. The molecule has 0 saturated heterocycles. The molecule has 2 aromatic rings. The Morgan fingerprint density at radius 1 is 1.39 bits per heavy atom. The second kappa shape index (κ2) is 7.96. The summed E-state index contributed by atoms with van der Waals surface area (Å²) in [5.41, 5.74) is 6.37. The number of pyridine rings is 1. The molecule has 2 rings (SSSR count). The lowest BCUT2D eigenvalue weighted by Crippen LogP contribution is -2.39. The normalized spacial score (nSPS) is 11.9. The zero-order valence-corrected chi connectivity index (χ0v) is 13.5. The number of nitrogens with one attached hydrogen (secondary N) is 1. The standard InChI is InChI=1S/C15H14ClN3O3S/c16-11-4-3-10(15(21)22)7-13(11)23-19-12(14(17)20)6-9-2-1-5-18-8-9/h1-5,7-8,12,19H,6H2,(H2,17,20)(H,21,22). The van der Waals surface area contributed by atoms with Crippen LogP contribution < -0.4 is 10.5 Å². The molecule has 23 heavy (non-hydrogen) atoms. The van der Waals surface area contributed by atoms with Gasteiger partial charge in [0.1, 0.15) is 6.04 Å². The average molecular weight is 352 g/mol. The van der Waals surface area contributed by atoms with Gasteiger partial charge < -0.3 is 10.8 Å². The smallest absolute Gasteiger partial charge is 0.335 e. The van der Waals surface area contributed by atoms with E-state index in [1.165, 1.54) is 18.2 Å². The van der Waals surface area contributed by atoms with Crippen molar-refractivity contribution in [3.05, 3.63) is 58.9 Å². The van der Waals surface area contributed by atoms with Crippen molar-refractivity contribution in [1.82, 2.24) is 9.71 Å². The number of aromatic carboxylic acids is 1. The maximum atomic E-state index is 11.6. The molecule has 0 spiro atoms. The number of hydrogen-bond acceptors (Lipinski definition) is 5. The number of nitrogens with two attached hydrogens (primary N) is 1. The highest BCUT2D eigenvalue weighted by Crippen LogP contribution is 2.27. The number of rotatable bonds is 7. The van der Waals surface area contributed by atoms with Gasteiger partial charge in [-0.15, -0.1) is 0 Å². The molecule has 0 saturated carbocycles. The Hall–Kier alpha value is -2.09. The van der Waals surface area contributed by atoms with Gasteiger partial charge in [0.2, 0.25) is 5.91 Å². The Morgan fingerprint density at radius 3 is 2.78 bits per heavy atom. The van der Waals surface area contributed by atoms with Gasteiger partial charge >= 0.3 is 5.97 Å². The predicted octanol–water partition coefficient (Wildman–Crippen LogP) is 2.13. The van der Waals surface area contributed by atoms with E-state index in [0.29, 0.717) is 16.3 Å². The Morgan fingerprint density at radius 2 is 2.17 bits per heavy atom. The molecule has 0 fully saturated rings. The van der Waals surface area contributed by atoms with E-state index in [0.717, 1.165) is 17.5 Å². The molecule has 0 aliphatic rings. The third-order valence-electron chi connectivity index (χ3n) is 3.00. The third-order valence-corrected chi connectivity index (χ3v) is 4.40. The van der Waals surface area contributed by atoms with Crippen LogP contribution in [-0.4, -0.2) is 28.0 Å². The van der Waals surface area contributed by atoms with Crippen LogP contribution in [0, 0.1) is 0 Å². The number of hydrogen-bond donors (Lipinski definition) is 3. The van der Waals surface area contributed by atoms with Gasteiger partial charge in [0.25, 0.3) is 0 Å². The highest BCUT2D eigenvalue weighted by Gasteiger charge is 2.17. The molecule has 0 radical (unpaired) electrons. The predicted molar refractivity (Wildman–Crippen MR) is 88.3 cm³/mol.